The number of aryl methyl sites for hydroxylation is 1. The molecule has 3 rings (SSSR count). The van der Waals surface area contributed by atoms with Crippen molar-refractivity contribution in [3.8, 4) is 11.5 Å². The Morgan fingerprint density at radius 1 is 1.19 bits per heavy atom. The minimum absolute atomic E-state index is 0.516. The van der Waals surface area contributed by atoms with Crippen LogP contribution in [0.4, 0.5) is 0 Å². The molecule has 110 valence electrons. The highest BCUT2D eigenvalue weighted by Gasteiger charge is 2.14. The molecule has 1 aliphatic heterocycles. The zero-order chi connectivity index (χ0) is 14.8. The number of ether oxygens (including phenoxy) is 2. The first-order chi connectivity index (χ1) is 10.2. The van der Waals surface area contributed by atoms with E-state index in [0.29, 0.717) is 18.4 Å². The van der Waals surface area contributed by atoms with Crippen molar-refractivity contribution in [2.45, 2.75) is 30.2 Å². The van der Waals surface area contributed by atoms with Crippen molar-refractivity contribution in [3.63, 3.8) is 0 Å². The van der Waals surface area contributed by atoms with Crippen molar-refractivity contribution < 1.29 is 9.47 Å². The van der Waals surface area contributed by atoms with Crippen LogP contribution in [0, 0.1) is 6.92 Å². The summed E-state index contributed by atoms with van der Waals surface area (Å²) in [6.45, 7) is 5.13. The lowest BCUT2D eigenvalue weighted by Gasteiger charge is -2.18. The Balaban J connectivity index is 1.91. The average Bonchev–Trinajstić information content (AvgIpc) is 2.51. The van der Waals surface area contributed by atoms with Crippen LogP contribution >= 0.6 is 23.4 Å². The summed E-state index contributed by atoms with van der Waals surface area (Å²) in [5.74, 6) is 2.32. The lowest BCUT2D eigenvalue weighted by atomic mass is 10.3. The van der Waals surface area contributed by atoms with E-state index in [2.05, 4.69) is 9.97 Å². The normalized spacial score (nSPS) is 13.3. The van der Waals surface area contributed by atoms with E-state index < -0.39 is 0 Å². The zero-order valence-electron chi connectivity index (χ0n) is 11.9. The molecule has 0 amide bonds. The molecular weight excluding hydrogens is 308 g/mol. The summed E-state index contributed by atoms with van der Waals surface area (Å²) in [6.07, 6.45) is 0.759. The highest BCUT2D eigenvalue weighted by molar-refractivity contribution is 7.99. The molecular formula is C15H15ClN2O2S. The molecule has 0 fully saturated rings. The van der Waals surface area contributed by atoms with Gasteiger partial charge in [0.05, 0.1) is 0 Å². The van der Waals surface area contributed by atoms with Crippen molar-refractivity contribution in [2.24, 2.45) is 0 Å². The molecule has 0 atom stereocenters. The SMILES string of the molecule is CCc1nc(Cl)c(C)c(Sc2ccc3c(c2)OCCO3)n1. The van der Waals surface area contributed by atoms with E-state index in [1.165, 1.54) is 0 Å². The van der Waals surface area contributed by atoms with Crippen LogP contribution in [0.1, 0.15) is 18.3 Å². The van der Waals surface area contributed by atoms with E-state index >= 15 is 0 Å². The van der Waals surface area contributed by atoms with E-state index in [0.717, 1.165) is 39.2 Å². The fourth-order valence-corrected chi connectivity index (χ4v) is 3.14. The van der Waals surface area contributed by atoms with Crippen LogP contribution in [0.25, 0.3) is 0 Å². The average molecular weight is 323 g/mol. The largest absolute Gasteiger partial charge is 0.486 e. The number of hydrogen-bond acceptors (Lipinski definition) is 5. The van der Waals surface area contributed by atoms with E-state index in [1.54, 1.807) is 11.8 Å². The maximum Gasteiger partial charge on any atom is 0.162 e. The van der Waals surface area contributed by atoms with Gasteiger partial charge in [-0.1, -0.05) is 30.3 Å². The second-order valence-corrected chi connectivity index (χ2v) is 6.04. The molecule has 21 heavy (non-hydrogen) atoms. The van der Waals surface area contributed by atoms with Gasteiger partial charge in [-0.3, -0.25) is 0 Å². The molecule has 2 heterocycles. The number of aromatic nitrogens is 2. The van der Waals surface area contributed by atoms with E-state index in [4.69, 9.17) is 21.1 Å². The van der Waals surface area contributed by atoms with Gasteiger partial charge < -0.3 is 9.47 Å². The zero-order valence-corrected chi connectivity index (χ0v) is 13.4. The van der Waals surface area contributed by atoms with Gasteiger partial charge in [0, 0.05) is 16.9 Å². The summed E-state index contributed by atoms with van der Waals surface area (Å²) >= 11 is 7.73. The number of nitrogens with zero attached hydrogens (tertiary/aromatic N) is 2. The maximum atomic E-state index is 6.17. The molecule has 0 radical (unpaired) electrons. The highest BCUT2D eigenvalue weighted by atomic mass is 35.5. The molecule has 0 aliphatic carbocycles. The molecule has 4 nitrogen and oxygen atoms in total. The summed E-state index contributed by atoms with van der Waals surface area (Å²) in [5.41, 5.74) is 0.897. The van der Waals surface area contributed by atoms with Gasteiger partial charge in [0.1, 0.15) is 29.2 Å². The second kappa shape index (κ2) is 6.12. The molecule has 0 saturated heterocycles. The van der Waals surface area contributed by atoms with Gasteiger partial charge in [-0.15, -0.1) is 0 Å². The van der Waals surface area contributed by atoms with Gasteiger partial charge >= 0.3 is 0 Å². The summed E-state index contributed by atoms with van der Waals surface area (Å²) in [5, 5.41) is 1.39. The van der Waals surface area contributed by atoms with Crippen LogP contribution < -0.4 is 9.47 Å². The summed E-state index contributed by atoms with van der Waals surface area (Å²) in [4.78, 5) is 9.86. The number of hydrogen-bond donors (Lipinski definition) is 0. The Morgan fingerprint density at radius 2 is 1.95 bits per heavy atom. The van der Waals surface area contributed by atoms with Crippen LogP contribution in [0.3, 0.4) is 0 Å². The predicted octanol–water partition coefficient (Wildman–Crippen LogP) is 3.92. The van der Waals surface area contributed by atoms with Gasteiger partial charge in [0.25, 0.3) is 0 Å². The molecule has 0 saturated carbocycles. The van der Waals surface area contributed by atoms with Crippen molar-refractivity contribution in [2.75, 3.05) is 13.2 Å². The Bertz CT molecular complexity index is 679. The molecule has 0 N–H and O–H groups in total. The van der Waals surface area contributed by atoms with Gasteiger partial charge in [-0.25, -0.2) is 9.97 Å². The summed E-state index contributed by atoms with van der Waals surface area (Å²) < 4.78 is 11.1. The predicted molar refractivity (Wildman–Crippen MR) is 82.7 cm³/mol. The molecule has 1 aromatic heterocycles. The van der Waals surface area contributed by atoms with Crippen molar-refractivity contribution >= 4 is 23.4 Å². The molecule has 0 unspecified atom stereocenters. The lowest BCUT2D eigenvalue weighted by Crippen LogP contribution is -2.15. The molecule has 0 spiro atoms. The summed E-state index contributed by atoms with van der Waals surface area (Å²) in [7, 11) is 0. The number of benzene rings is 1. The van der Waals surface area contributed by atoms with Crippen molar-refractivity contribution in [1.29, 1.82) is 0 Å². The van der Waals surface area contributed by atoms with Gasteiger partial charge in [0.15, 0.2) is 11.5 Å². The quantitative estimate of drug-likeness (QED) is 0.801. The van der Waals surface area contributed by atoms with Crippen LogP contribution in [0.2, 0.25) is 5.15 Å². The Kier molecular flexibility index (Phi) is 4.22. The first-order valence-electron chi connectivity index (χ1n) is 6.78. The fraction of sp³-hybridized carbons (Fsp3) is 0.333. The topological polar surface area (TPSA) is 44.2 Å². The molecule has 1 aliphatic rings. The van der Waals surface area contributed by atoms with Crippen LogP contribution in [0.15, 0.2) is 28.1 Å². The maximum absolute atomic E-state index is 6.17. The van der Waals surface area contributed by atoms with E-state index in [-0.39, 0.29) is 0 Å². The minimum Gasteiger partial charge on any atom is -0.486 e. The standard InChI is InChI=1S/C15H15ClN2O2S/c1-3-13-17-14(16)9(2)15(18-13)21-10-4-5-11-12(8-10)20-7-6-19-11/h4-5,8H,3,6-7H2,1-2H3. The first-order valence-corrected chi connectivity index (χ1v) is 7.97. The molecule has 2 aromatic rings. The van der Waals surface area contributed by atoms with Crippen LogP contribution in [-0.2, 0) is 6.42 Å². The van der Waals surface area contributed by atoms with E-state index in [1.807, 2.05) is 32.0 Å². The van der Waals surface area contributed by atoms with E-state index in [9.17, 15) is 0 Å². The number of rotatable bonds is 3. The Hall–Kier alpha value is -1.46. The number of halogens is 1. The molecule has 0 bridgehead atoms. The fourth-order valence-electron chi connectivity index (χ4n) is 1.97. The second-order valence-electron chi connectivity index (χ2n) is 4.62. The third-order valence-corrected chi connectivity index (χ3v) is 4.58. The van der Waals surface area contributed by atoms with Crippen molar-refractivity contribution in [1.82, 2.24) is 9.97 Å². The third-order valence-electron chi connectivity index (χ3n) is 3.13. The smallest absolute Gasteiger partial charge is 0.162 e. The lowest BCUT2D eigenvalue weighted by molar-refractivity contribution is 0.171. The number of fused-ring (bicyclic) bond motifs is 1. The Morgan fingerprint density at radius 3 is 2.71 bits per heavy atom. The third kappa shape index (κ3) is 3.09. The monoisotopic (exact) mass is 322 g/mol. The molecule has 1 aromatic carbocycles. The minimum atomic E-state index is 0.516. The van der Waals surface area contributed by atoms with Crippen LogP contribution in [-0.4, -0.2) is 23.2 Å². The molecule has 6 heteroatoms. The van der Waals surface area contributed by atoms with Gasteiger partial charge in [-0.2, -0.15) is 0 Å². The van der Waals surface area contributed by atoms with Gasteiger partial charge in [-0.05, 0) is 25.1 Å². The van der Waals surface area contributed by atoms with Gasteiger partial charge in [0.2, 0.25) is 0 Å². The van der Waals surface area contributed by atoms with Crippen molar-refractivity contribution in [3.05, 3.63) is 34.7 Å². The first kappa shape index (κ1) is 14.5. The Labute approximate surface area is 132 Å². The summed E-state index contributed by atoms with van der Waals surface area (Å²) in [6, 6.07) is 5.90. The van der Waals surface area contributed by atoms with Crippen LogP contribution in [0.5, 0.6) is 11.5 Å². The highest BCUT2D eigenvalue weighted by Crippen LogP contribution is 2.37.